The summed E-state index contributed by atoms with van der Waals surface area (Å²) in [7, 11) is 0. The van der Waals surface area contributed by atoms with E-state index in [1.54, 1.807) is 6.07 Å². The molecule has 1 spiro atoms. The number of hydrogen-bond donors (Lipinski definition) is 3. The van der Waals surface area contributed by atoms with Crippen LogP contribution in [0.4, 0.5) is 9.18 Å². The average molecular weight is 509 g/mol. The van der Waals surface area contributed by atoms with Crippen LogP contribution < -0.4 is 16.1 Å². The number of nitrogens with one attached hydrogen (secondary N) is 3. The summed E-state index contributed by atoms with van der Waals surface area (Å²) in [6.07, 6.45) is 4.63. The Balaban J connectivity index is 1.37. The van der Waals surface area contributed by atoms with E-state index in [1.165, 1.54) is 12.1 Å². The van der Waals surface area contributed by atoms with Gasteiger partial charge in [0, 0.05) is 22.1 Å². The van der Waals surface area contributed by atoms with Crippen LogP contribution in [0.3, 0.4) is 0 Å². The highest BCUT2D eigenvalue weighted by Gasteiger charge is 2.46. The fourth-order valence-electron chi connectivity index (χ4n) is 4.48. The van der Waals surface area contributed by atoms with Crippen molar-refractivity contribution in [3.05, 3.63) is 34.1 Å². The molecule has 172 valence electrons. The summed E-state index contributed by atoms with van der Waals surface area (Å²) in [4.78, 5) is 35.9. The molecule has 1 atom stereocenters. The lowest BCUT2D eigenvalue weighted by Crippen LogP contribution is -2.52. The highest BCUT2D eigenvalue weighted by molar-refractivity contribution is 9.10. The quantitative estimate of drug-likeness (QED) is 0.530. The maximum Gasteiger partial charge on any atom is 0.428 e. The second kappa shape index (κ2) is 9.17. The largest absolute Gasteiger partial charge is 0.435 e. The van der Waals surface area contributed by atoms with Gasteiger partial charge in [-0.15, -0.1) is 0 Å². The molecule has 10 heteroatoms. The summed E-state index contributed by atoms with van der Waals surface area (Å²) in [5, 5.41) is 9.72. The molecular formula is C22H26BrFN4O4. The van der Waals surface area contributed by atoms with Gasteiger partial charge in [0.1, 0.15) is 11.5 Å². The van der Waals surface area contributed by atoms with Gasteiger partial charge in [0.25, 0.3) is 0 Å². The highest BCUT2D eigenvalue weighted by Crippen LogP contribution is 2.41. The zero-order chi connectivity index (χ0) is 22.9. The predicted octanol–water partition coefficient (Wildman–Crippen LogP) is 3.13. The van der Waals surface area contributed by atoms with Crippen LogP contribution in [-0.4, -0.2) is 41.3 Å². The second-order valence-corrected chi connectivity index (χ2v) is 9.74. The van der Waals surface area contributed by atoms with E-state index < -0.39 is 23.5 Å². The van der Waals surface area contributed by atoms with Crippen LogP contribution in [0.5, 0.6) is 0 Å². The zero-order valence-corrected chi connectivity index (χ0v) is 19.3. The summed E-state index contributed by atoms with van der Waals surface area (Å²) in [5.41, 5.74) is 2.73. The molecule has 2 fully saturated rings. The van der Waals surface area contributed by atoms with Crippen LogP contribution >= 0.6 is 15.9 Å². The van der Waals surface area contributed by atoms with Crippen LogP contribution in [0.25, 0.3) is 0 Å². The number of carbonyl (C=O) groups excluding carboxylic acids is 3. The third-order valence-corrected chi connectivity index (χ3v) is 6.92. The molecule has 0 radical (unpaired) electrons. The monoisotopic (exact) mass is 508 g/mol. The van der Waals surface area contributed by atoms with Gasteiger partial charge in [-0.2, -0.15) is 5.10 Å². The Hall–Kier alpha value is -2.49. The number of hydrazone groups is 1. The molecule has 4 rings (SSSR count). The van der Waals surface area contributed by atoms with Crippen molar-refractivity contribution in [3.63, 3.8) is 0 Å². The molecule has 0 unspecified atom stereocenters. The first-order chi connectivity index (χ1) is 15.3. The van der Waals surface area contributed by atoms with Crippen LogP contribution in [-0.2, 0) is 14.3 Å². The molecule has 3 N–H and O–H groups in total. The van der Waals surface area contributed by atoms with Crippen molar-refractivity contribution < 1.29 is 23.5 Å². The third-order valence-electron chi connectivity index (χ3n) is 6.26. The van der Waals surface area contributed by atoms with E-state index >= 15 is 0 Å². The fraction of sp³-hybridized carbons (Fsp3) is 0.545. The lowest BCUT2D eigenvalue weighted by atomic mass is 9.73. The number of nitrogens with zero attached hydrogens (tertiary/aromatic N) is 1. The predicted molar refractivity (Wildman–Crippen MR) is 118 cm³/mol. The number of benzene rings is 1. The molecule has 1 heterocycles. The first kappa shape index (κ1) is 22.7. The van der Waals surface area contributed by atoms with Gasteiger partial charge in [-0.1, -0.05) is 15.9 Å². The second-order valence-electron chi connectivity index (χ2n) is 8.88. The van der Waals surface area contributed by atoms with E-state index in [1.807, 2.05) is 6.92 Å². The van der Waals surface area contributed by atoms with Gasteiger partial charge in [-0.3, -0.25) is 9.59 Å². The minimum absolute atomic E-state index is 0.141. The molecule has 2 saturated carbocycles. The summed E-state index contributed by atoms with van der Waals surface area (Å²) in [5.74, 6) is -1.25. The van der Waals surface area contributed by atoms with Crippen molar-refractivity contribution in [1.29, 1.82) is 0 Å². The molecule has 3 amide bonds. The summed E-state index contributed by atoms with van der Waals surface area (Å²) < 4.78 is 19.8. The van der Waals surface area contributed by atoms with Gasteiger partial charge in [-0.25, -0.2) is 14.6 Å². The highest BCUT2D eigenvalue weighted by atomic mass is 79.9. The molecule has 32 heavy (non-hydrogen) atoms. The molecule has 0 saturated heterocycles. The van der Waals surface area contributed by atoms with E-state index in [2.05, 4.69) is 37.1 Å². The van der Waals surface area contributed by atoms with Crippen LogP contribution in [0.15, 0.2) is 27.8 Å². The third kappa shape index (κ3) is 5.11. The van der Waals surface area contributed by atoms with Gasteiger partial charge in [0.05, 0.1) is 0 Å². The number of ether oxygens (including phenoxy) is 1. The smallest absolute Gasteiger partial charge is 0.428 e. The Bertz CT molecular complexity index is 957. The van der Waals surface area contributed by atoms with Gasteiger partial charge < -0.3 is 15.4 Å². The van der Waals surface area contributed by atoms with E-state index in [4.69, 9.17) is 4.74 Å². The average Bonchev–Trinajstić information content (AvgIpc) is 3.55. The maximum absolute atomic E-state index is 13.6. The first-order valence-electron chi connectivity index (χ1n) is 10.9. The summed E-state index contributed by atoms with van der Waals surface area (Å²) in [6.45, 7) is 1.89. The van der Waals surface area contributed by atoms with Gasteiger partial charge in [0.15, 0.2) is 5.60 Å². The zero-order valence-electron chi connectivity index (χ0n) is 17.7. The topological polar surface area (TPSA) is 109 Å². The number of rotatable bonds is 5. The normalized spacial score (nSPS) is 25.9. The molecule has 2 aliphatic carbocycles. The van der Waals surface area contributed by atoms with Crippen molar-refractivity contribution in [1.82, 2.24) is 16.1 Å². The molecule has 3 aliphatic rings. The Kier molecular flexibility index (Phi) is 6.50. The first-order valence-corrected chi connectivity index (χ1v) is 11.7. The Morgan fingerprint density at radius 2 is 2.00 bits per heavy atom. The van der Waals surface area contributed by atoms with Crippen LogP contribution in [0.1, 0.15) is 57.4 Å². The molecule has 1 aromatic carbocycles. The van der Waals surface area contributed by atoms with Crippen molar-refractivity contribution >= 4 is 39.5 Å². The fourth-order valence-corrected chi connectivity index (χ4v) is 5.02. The lowest BCUT2D eigenvalue weighted by molar-refractivity contribution is -0.139. The van der Waals surface area contributed by atoms with Crippen LogP contribution in [0.2, 0.25) is 0 Å². The van der Waals surface area contributed by atoms with Gasteiger partial charge in [-0.05, 0) is 76.0 Å². The summed E-state index contributed by atoms with van der Waals surface area (Å²) >= 11 is 3.38. The lowest BCUT2D eigenvalue weighted by Gasteiger charge is -2.42. The molecule has 0 bridgehead atoms. The van der Waals surface area contributed by atoms with E-state index in [0.29, 0.717) is 34.5 Å². The van der Waals surface area contributed by atoms with Crippen molar-refractivity contribution in [2.45, 2.75) is 69.6 Å². The molecule has 0 aromatic heterocycles. The van der Waals surface area contributed by atoms with E-state index in [-0.39, 0.29) is 17.9 Å². The Labute approximate surface area is 193 Å². The van der Waals surface area contributed by atoms with Crippen molar-refractivity contribution in [2.24, 2.45) is 11.0 Å². The number of hydrogen-bond acceptors (Lipinski definition) is 5. The number of halogens is 2. The van der Waals surface area contributed by atoms with Gasteiger partial charge >= 0.3 is 17.9 Å². The van der Waals surface area contributed by atoms with E-state index in [9.17, 15) is 18.8 Å². The Morgan fingerprint density at radius 3 is 2.66 bits per heavy atom. The minimum atomic E-state index is -0.879. The van der Waals surface area contributed by atoms with Gasteiger partial charge in [0.2, 0.25) is 0 Å². The number of carbonyl (C=O) groups is 3. The Morgan fingerprint density at radius 1 is 1.28 bits per heavy atom. The van der Waals surface area contributed by atoms with Crippen molar-refractivity contribution in [2.75, 3.05) is 0 Å². The molecule has 1 aromatic rings. The summed E-state index contributed by atoms with van der Waals surface area (Å²) in [6, 6.07) is 4.32. The van der Waals surface area contributed by atoms with E-state index in [0.717, 1.165) is 32.1 Å². The maximum atomic E-state index is 13.6. The molecule has 1 aliphatic heterocycles. The number of amides is 3. The minimum Gasteiger partial charge on any atom is -0.435 e. The standard InChI is InChI=1S/C22H26BrFN4O4/c1-12(25-19(29)20(30)26-15-3-4-15)10-13-6-8-22(9-7-13)18(27-28-21(31)32-22)16-5-2-14(24)11-17(16)23/h2,5,11-13,15H,3-4,6-10H2,1H3,(H,25,29)(H,26,30)(H,28,31)/t12-,13?,22?/m0/s1. The molecule has 8 nitrogen and oxygen atoms in total. The van der Waals surface area contributed by atoms with Crippen molar-refractivity contribution in [3.8, 4) is 0 Å². The SMILES string of the molecule is C[C@@H](CC1CCC2(CC1)OC(=O)NN=C2c1ccc(F)cc1Br)NC(=O)C(=O)NC1CC1. The van der Waals surface area contributed by atoms with Crippen LogP contribution in [0, 0.1) is 11.7 Å². The molecular weight excluding hydrogens is 483 g/mol.